The van der Waals surface area contributed by atoms with E-state index >= 15 is 0 Å². The predicted molar refractivity (Wildman–Crippen MR) is 109 cm³/mol. The van der Waals surface area contributed by atoms with Crippen LogP contribution in [0.15, 0.2) is 48.5 Å². The smallest absolute Gasteiger partial charge is 0.282 e. The molecule has 0 aliphatic carbocycles. The Kier molecular flexibility index (Phi) is 6.14. The fourth-order valence-electron chi connectivity index (χ4n) is 3.39. The molecule has 27 heavy (non-hydrogen) atoms. The highest BCUT2D eigenvalue weighted by Crippen LogP contribution is 2.16. The lowest BCUT2D eigenvalue weighted by atomic mass is 10.1. The van der Waals surface area contributed by atoms with Gasteiger partial charge in [0.15, 0.2) is 11.8 Å². The van der Waals surface area contributed by atoms with E-state index in [4.69, 9.17) is 11.6 Å². The van der Waals surface area contributed by atoms with Crippen molar-refractivity contribution < 1.29 is 14.5 Å². The van der Waals surface area contributed by atoms with Crippen molar-refractivity contribution in [2.45, 2.75) is 19.9 Å². The van der Waals surface area contributed by atoms with Crippen LogP contribution in [-0.2, 0) is 4.79 Å². The van der Waals surface area contributed by atoms with Crippen molar-refractivity contribution in [2.24, 2.45) is 0 Å². The molecule has 3 rings (SSSR count). The highest BCUT2D eigenvalue weighted by Gasteiger charge is 2.29. The summed E-state index contributed by atoms with van der Waals surface area (Å²) < 4.78 is 0. The van der Waals surface area contributed by atoms with E-state index in [9.17, 15) is 9.59 Å². The maximum Gasteiger partial charge on any atom is 0.282 e. The van der Waals surface area contributed by atoms with E-state index in [0.29, 0.717) is 5.02 Å². The number of quaternary nitrogens is 1. The number of hydrogen-bond acceptors (Lipinski definition) is 3. The number of ketones is 1. The van der Waals surface area contributed by atoms with Crippen LogP contribution >= 0.6 is 11.6 Å². The van der Waals surface area contributed by atoms with Gasteiger partial charge in [-0.15, -0.1) is 0 Å². The van der Waals surface area contributed by atoms with Crippen molar-refractivity contribution >= 4 is 34.7 Å². The molecule has 0 saturated carbocycles. The van der Waals surface area contributed by atoms with Crippen molar-refractivity contribution in [1.29, 1.82) is 0 Å². The zero-order valence-electron chi connectivity index (χ0n) is 15.7. The van der Waals surface area contributed by atoms with Crippen molar-refractivity contribution in [3.8, 4) is 0 Å². The molecule has 1 aliphatic heterocycles. The number of Topliss-reactive ketones (excluding diaryl/α,β-unsaturated/α-hetero) is 1. The zero-order chi connectivity index (χ0) is 19.4. The van der Waals surface area contributed by atoms with E-state index in [1.165, 1.54) is 4.90 Å². The number of amides is 1. The largest absolute Gasteiger partial charge is 0.360 e. The Labute approximate surface area is 164 Å². The molecule has 2 N–H and O–H groups in total. The summed E-state index contributed by atoms with van der Waals surface area (Å²) in [5.41, 5.74) is 2.58. The molecule has 1 atom stereocenters. The monoisotopic (exact) mass is 386 g/mol. The second-order valence-electron chi connectivity index (χ2n) is 6.97. The molecule has 2 aromatic carbocycles. The van der Waals surface area contributed by atoms with Gasteiger partial charge in [-0.3, -0.25) is 9.59 Å². The number of rotatable bonds is 5. The molecule has 0 radical (unpaired) electrons. The summed E-state index contributed by atoms with van der Waals surface area (Å²) in [6.07, 6.45) is 0. The molecule has 0 aromatic heterocycles. The van der Waals surface area contributed by atoms with Gasteiger partial charge in [-0.25, -0.2) is 0 Å². The summed E-state index contributed by atoms with van der Waals surface area (Å²) in [6, 6.07) is 14.8. The second kappa shape index (κ2) is 8.55. The van der Waals surface area contributed by atoms with Crippen molar-refractivity contribution in [3.63, 3.8) is 0 Å². The molecule has 142 valence electrons. The molecule has 1 amide bonds. The molecule has 1 aliphatic rings. The number of carbonyl (C=O) groups excluding carboxylic acids is 2. The lowest BCUT2D eigenvalue weighted by Gasteiger charge is -2.36. The Morgan fingerprint density at radius 1 is 1.11 bits per heavy atom. The minimum Gasteiger partial charge on any atom is -0.360 e. The molecular formula is C21H25ClN3O2+. The first-order valence-corrected chi connectivity index (χ1v) is 9.59. The van der Waals surface area contributed by atoms with Crippen LogP contribution in [0, 0.1) is 0 Å². The molecule has 0 unspecified atom stereocenters. The average molecular weight is 387 g/mol. The first kappa shape index (κ1) is 19.4. The number of hydrogen-bond donors (Lipinski definition) is 2. The molecule has 1 fully saturated rings. The normalized spacial score (nSPS) is 16.0. The van der Waals surface area contributed by atoms with Gasteiger partial charge >= 0.3 is 0 Å². The lowest BCUT2D eigenvalue weighted by Crippen LogP contribution is -3.19. The van der Waals surface area contributed by atoms with E-state index in [0.717, 1.165) is 43.1 Å². The number of anilines is 2. The molecule has 5 nitrogen and oxygen atoms in total. The number of piperazine rings is 1. The number of carbonyl (C=O) groups is 2. The van der Waals surface area contributed by atoms with Crippen LogP contribution in [0.25, 0.3) is 0 Å². The molecule has 1 heterocycles. The van der Waals surface area contributed by atoms with Crippen molar-refractivity contribution in [1.82, 2.24) is 0 Å². The van der Waals surface area contributed by atoms with Gasteiger partial charge in [-0.05, 0) is 56.3 Å². The fourth-order valence-corrected chi connectivity index (χ4v) is 3.58. The summed E-state index contributed by atoms with van der Waals surface area (Å²) in [6.45, 7) is 7.07. The standard InChI is InChI=1S/C21H24ClN3O2/c1-15(21(27)23-19-5-3-4-18(22)14-19)24-10-12-25(13-11-24)20-8-6-17(7-9-20)16(2)26/h3-9,14-15H,10-13H2,1-2H3,(H,23,27)/p+1/t15-/m0/s1. The average Bonchev–Trinajstić information content (AvgIpc) is 2.67. The van der Waals surface area contributed by atoms with Crippen LogP contribution in [0.3, 0.4) is 0 Å². The van der Waals surface area contributed by atoms with Gasteiger partial charge in [0.05, 0.1) is 26.2 Å². The number of benzene rings is 2. The maximum atomic E-state index is 12.6. The Hall–Kier alpha value is -2.37. The Morgan fingerprint density at radius 3 is 2.37 bits per heavy atom. The van der Waals surface area contributed by atoms with Crippen molar-refractivity contribution in [3.05, 3.63) is 59.1 Å². The van der Waals surface area contributed by atoms with Crippen LogP contribution in [0.1, 0.15) is 24.2 Å². The van der Waals surface area contributed by atoms with Gasteiger partial charge in [0.1, 0.15) is 0 Å². The number of nitrogens with zero attached hydrogens (tertiary/aromatic N) is 1. The lowest BCUT2D eigenvalue weighted by molar-refractivity contribution is -0.914. The van der Waals surface area contributed by atoms with Crippen LogP contribution in [0.4, 0.5) is 11.4 Å². The highest BCUT2D eigenvalue weighted by molar-refractivity contribution is 6.30. The molecule has 2 aromatic rings. The van der Waals surface area contributed by atoms with Gasteiger partial charge in [0.2, 0.25) is 0 Å². The van der Waals surface area contributed by atoms with Gasteiger partial charge in [-0.2, -0.15) is 0 Å². The first-order chi connectivity index (χ1) is 12.9. The van der Waals surface area contributed by atoms with Gasteiger partial charge in [-0.1, -0.05) is 17.7 Å². The fraction of sp³-hybridized carbons (Fsp3) is 0.333. The van der Waals surface area contributed by atoms with E-state index in [2.05, 4.69) is 10.2 Å². The molecule has 0 bridgehead atoms. The quantitative estimate of drug-likeness (QED) is 0.775. The third-order valence-electron chi connectivity index (χ3n) is 5.14. The Morgan fingerprint density at radius 2 is 1.78 bits per heavy atom. The minimum absolute atomic E-state index is 0.00604. The molecule has 0 spiro atoms. The molecule has 1 saturated heterocycles. The maximum absolute atomic E-state index is 12.6. The van der Waals surface area contributed by atoms with Crippen molar-refractivity contribution in [2.75, 3.05) is 36.4 Å². The topological polar surface area (TPSA) is 53.9 Å². The van der Waals surface area contributed by atoms with E-state index in [-0.39, 0.29) is 17.7 Å². The minimum atomic E-state index is -0.133. The summed E-state index contributed by atoms with van der Waals surface area (Å²) in [5, 5.41) is 3.56. The van der Waals surface area contributed by atoms with Gasteiger partial charge in [0, 0.05) is 22.0 Å². The molecular weight excluding hydrogens is 362 g/mol. The summed E-state index contributed by atoms with van der Waals surface area (Å²) in [5.74, 6) is 0.0851. The number of halogens is 1. The van der Waals surface area contributed by atoms with Gasteiger partial charge in [0.25, 0.3) is 5.91 Å². The summed E-state index contributed by atoms with van der Waals surface area (Å²) >= 11 is 5.98. The number of nitrogens with one attached hydrogen (secondary N) is 2. The van der Waals surface area contributed by atoms with Crippen LogP contribution < -0.4 is 15.1 Å². The van der Waals surface area contributed by atoms with Crippen LogP contribution in [-0.4, -0.2) is 43.9 Å². The SMILES string of the molecule is CC(=O)c1ccc(N2CC[NH+]([C@@H](C)C(=O)Nc3cccc(Cl)c3)CC2)cc1. The predicted octanol–water partition coefficient (Wildman–Crippen LogP) is 2.27. The van der Waals surface area contributed by atoms with E-state index in [1.807, 2.05) is 43.3 Å². The van der Waals surface area contributed by atoms with E-state index in [1.54, 1.807) is 19.1 Å². The summed E-state index contributed by atoms with van der Waals surface area (Å²) in [4.78, 5) is 27.5. The zero-order valence-corrected chi connectivity index (χ0v) is 16.4. The first-order valence-electron chi connectivity index (χ1n) is 9.21. The molecule has 6 heteroatoms. The summed E-state index contributed by atoms with van der Waals surface area (Å²) in [7, 11) is 0. The van der Waals surface area contributed by atoms with Gasteiger partial charge < -0.3 is 15.1 Å². The Balaban J connectivity index is 1.54. The third kappa shape index (κ3) is 4.87. The Bertz CT molecular complexity index is 814. The van der Waals surface area contributed by atoms with Crippen LogP contribution in [0.5, 0.6) is 0 Å². The van der Waals surface area contributed by atoms with Crippen LogP contribution in [0.2, 0.25) is 5.02 Å². The second-order valence-corrected chi connectivity index (χ2v) is 7.41. The van der Waals surface area contributed by atoms with E-state index < -0.39 is 0 Å². The third-order valence-corrected chi connectivity index (χ3v) is 5.38. The highest BCUT2D eigenvalue weighted by atomic mass is 35.5.